The van der Waals surface area contributed by atoms with Crippen LogP contribution in [0.15, 0.2) is 59.8 Å². The summed E-state index contributed by atoms with van der Waals surface area (Å²) in [6.45, 7) is 4.51. The Kier molecular flexibility index (Phi) is 6.20. The molecule has 0 amide bonds. The van der Waals surface area contributed by atoms with Crippen LogP contribution in [0.1, 0.15) is 31.9 Å². The fraction of sp³-hybridized carbons (Fsp3) is 0.316. The van der Waals surface area contributed by atoms with Crippen LogP contribution in [0.5, 0.6) is 0 Å². The van der Waals surface area contributed by atoms with Gasteiger partial charge in [0.25, 0.3) is 0 Å². The number of ether oxygens (including phenoxy) is 1. The summed E-state index contributed by atoms with van der Waals surface area (Å²) in [5.74, 6) is 0.564. The minimum absolute atomic E-state index is 0.142. The van der Waals surface area contributed by atoms with Gasteiger partial charge in [-0.3, -0.25) is 0 Å². The maximum absolute atomic E-state index is 12.8. The van der Waals surface area contributed by atoms with E-state index in [2.05, 4.69) is 32.7 Å². The molecule has 6 nitrogen and oxygen atoms in total. The molecule has 0 bridgehead atoms. The van der Waals surface area contributed by atoms with Crippen LogP contribution in [0.3, 0.4) is 0 Å². The Bertz CT molecular complexity index is 890. The molecule has 0 radical (unpaired) electrons. The van der Waals surface area contributed by atoms with Crippen molar-refractivity contribution in [2.45, 2.75) is 39.0 Å². The number of hydrogen-bond donors (Lipinski definition) is 0. The fourth-order valence-electron chi connectivity index (χ4n) is 2.83. The molecule has 0 fully saturated rings. The van der Waals surface area contributed by atoms with Crippen LogP contribution < -0.4 is 5.69 Å². The number of pyridine rings is 1. The molecule has 0 saturated carbocycles. The highest BCUT2D eigenvalue weighted by atomic mass is 127. The predicted octanol–water partition coefficient (Wildman–Crippen LogP) is 3.59. The summed E-state index contributed by atoms with van der Waals surface area (Å²) in [5.41, 5.74) is 0.899. The summed E-state index contributed by atoms with van der Waals surface area (Å²) in [4.78, 5) is 17.1. The van der Waals surface area contributed by atoms with Crippen LogP contribution in [-0.2, 0) is 11.3 Å². The second-order valence-electron chi connectivity index (χ2n) is 6.04. The third-order valence-electron chi connectivity index (χ3n) is 4.28. The first-order chi connectivity index (χ1) is 12.6. The molecule has 0 aliphatic carbocycles. The normalized spacial score (nSPS) is 13.5. The molecule has 2 aromatic heterocycles. The van der Waals surface area contributed by atoms with Crippen LogP contribution in [0.25, 0.3) is 5.82 Å². The molecule has 0 saturated heterocycles. The summed E-state index contributed by atoms with van der Waals surface area (Å²) in [7, 11) is 0. The van der Waals surface area contributed by atoms with E-state index in [4.69, 9.17) is 4.74 Å². The van der Waals surface area contributed by atoms with E-state index in [9.17, 15) is 4.79 Å². The first-order valence-electron chi connectivity index (χ1n) is 8.53. The lowest BCUT2D eigenvalue weighted by Crippen LogP contribution is -2.34. The van der Waals surface area contributed by atoms with Crippen molar-refractivity contribution >= 4 is 22.6 Å². The van der Waals surface area contributed by atoms with Crippen LogP contribution >= 0.6 is 22.6 Å². The topological polar surface area (TPSA) is 61.9 Å². The molecule has 1 aromatic carbocycles. The van der Waals surface area contributed by atoms with Gasteiger partial charge >= 0.3 is 5.69 Å². The maximum atomic E-state index is 12.8. The number of nitrogens with zero attached hydrogens (tertiary/aromatic N) is 4. The van der Waals surface area contributed by atoms with E-state index in [1.54, 1.807) is 6.20 Å². The van der Waals surface area contributed by atoms with Crippen molar-refractivity contribution in [2.24, 2.45) is 0 Å². The molecule has 0 aliphatic rings. The first kappa shape index (κ1) is 18.8. The molecule has 0 aliphatic heterocycles. The van der Waals surface area contributed by atoms with Crippen molar-refractivity contribution in [3.8, 4) is 5.82 Å². The zero-order valence-electron chi connectivity index (χ0n) is 14.7. The SMILES string of the molecule is CC[C@@H]([C@H](C)OCc1ccccc1)n1ncn(-c2ccc(I)cn2)c1=O. The van der Waals surface area contributed by atoms with Gasteiger partial charge in [0.15, 0.2) is 0 Å². The minimum Gasteiger partial charge on any atom is -0.372 e. The van der Waals surface area contributed by atoms with Crippen molar-refractivity contribution in [2.75, 3.05) is 0 Å². The van der Waals surface area contributed by atoms with Gasteiger partial charge in [-0.2, -0.15) is 5.10 Å². The van der Waals surface area contributed by atoms with E-state index >= 15 is 0 Å². The second kappa shape index (κ2) is 8.59. The second-order valence-corrected chi connectivity index (χ2v) is 7.29. The summed E-state index contributed by atoms with van der Waals surface area (Å²) in [5, 5.41) is 4.31. The van der Waals surface area contributed by atoms with Crippen molar-refractivity contribution in [3.63, 3.8) is 0 Å². The number of aromatic nitrogens is 4. The summed E-state index contributed by atoms with van der Waals surface area (Å²) in [6.07, 6.45) is 3.84. The third kappa shape index (κ3) is 4.21. The van der Waals surface area contributed by atoms with Crippen molar-refractivity contribution in [1.82, 2.24) is 19.3 Å². The van der Waals surface area contributed by atoms with Gasteiger partial charge in [0.05, 0.1) is 18.8 Å². The Morgan fingerprint density at radius 2 is 1.96 bits per heavy atom. The van der Waals surface area contributed by atoms with Gasteiger partial charge in [-0.1, -0.05) is 37.3 Å². The summed E-state index contributed by atoms with van der Waals surface area (Å²) >= 11 is 2.18. The number of benzene rings is 1. The van der Waals surface area contributed by atoms with Crippen LogP contribution in [-0.4, -0.2) is 25.4 Å². The molecule has 136 valence electrons. The van der Waals surface area contributed by atoms with E-state index in [0.717, 1.165) is 15.6 Å². The van der Waals surface area contributed by atoms with Gasteiger partial charge in [-0.25, -0.2) is 19.0 Å². The number of rotatable bonds is 7. The minimum atomic E-state index is -0.208. The molecule has 0 N–H and O–H groups in total. The molecule has 7 heteroatoms. The van der Waals surface area contributed by atoms with E-state index in [1.807, 2.05) is 56.3 Å². The third-order valence-corrected chi connectivity index (χ3v) is 4.92. The van der Waals surface area contributed by atoms with Crippen LogP contribution in [0.2, 0.25) is 0 Å². The molecule has 26 heavy (non-hydrogen) atoms. The largest absolute Gasteiger partial charge is 0.372 e. The monoisotopic (exact) mass is 464 g/mol. The molecular formula is C19H21IN4O2. The zero-order valence-corrected chi connectivity index (χ0v) is 16.9. The molecule has 2 atom stereocenters. The average Bonchev–Trinajstić information content (AvgIpc) is 3.04. The van der Waals surface area contributed by atoms with E-state index in [1.165, 1.54) is 15.6 Å². The average molecular weight is 464 g/mol. The summed E-state index contributed by atoms with van der Waals surface area (Å²) < 4.78 is 9.97. The van der Waals surface area contributed by atoms with Gasteiger partial charge in [0.2, 0.25) is 0 Å². The maximum Gasteiger partial charge on any atom is 0.351 e. The Labute approximate surface area is 166 Å². The van der Waals surface area contributed by atoms with E-state index in [-0.39, 0.29) is 17.8 Å². The lowest BCUT2D eigenvalue weighted by atomic mass is 10.1. The quantitative estimate of drug-likeness (QED) is 0.502. The van der Waals surface area contributed by atoms with E-state index < -0.39 is 0 Å². The van der Waals surface area contributed by atoms with Crippen LogP contribution in [0, 0.1) is 3.57 Å². The lowest BCUT2D eigenvalue weighted by molar-refractivity contribution is 0.0117. The van der Waals surface area contributed by atoms with Gasteiger partial charge in [-0.15, -0.1) is 0 Å². The highest BCUT2D eigenvalue weighted by molar-refractivity contribution is 14.1. The van der Waals surface area contributed by atoms with Gasteiger partial charge < -0.3 is 4.74 Å². The highest BCUT2D eigenvalue weighted by Crippen LogP contribution is 2.18. The summed E-state index contributed by atoms with van der Waals surface area (Å²) in [6, 6.07) is 13.6. The highest BCUT2D eigenvalue weighted by Gasteiger charge is 2.22. The van der Waals surface area contributed by atoms with Crippen molar-refractivity contribution in [3.05, 3.63) is 74.6 Å². The Morgan fingerprint density at radius 3 is 2.62 bits per heavy atom. The molecule has 3 aromatic rings. The Hall–Kier alpha value is -2.00. The lowest BCUT2D eigenvalue weighted by Gasteiger charge is -2.22. The van der Waals surface area contributed by atoms with Crippen LogP contribution in [0.4, 0.5) is 0 Å². The molecule has 2 heterocycles. The van der Waals surface area contributed by atoms with E-state index in [0.29, 0.717) is 12.4 Å². The smallest absolute Gasteiger partial charge is 0.351 e. The fourth-order valence-corrected chi connectivity index (χ4v) is 3.15. The standard InChI is InChI=1S/C19H21IN4O2/c1-3-17(14(2)26-12-15-7-5-4-6-8-15)24-19(25)23(13-22-24)18-10-9-16(20)11-21-18/h4-11,13-14,17H,3,12H2,1-2H3/t14-,17-/m0/s1. The first-order valence-corrected chi connectivity index (χ1v) is 9.61. The van der Waals surface area contributed by atoms with Crippen molar-refractivity contribution < 1.29 is 4.74 Å². The number of hydrogen-bond acceptors (Lipinski definition) is 4. The number of halogens is 1. The molecule has 0 spiro atoms. The molecule has 3 rings (SSSR count). The Balaban J connectivity index is 1.77. The van der Waals surface area contributed by atoms with Gasteiger partial charge in [0.1, 0.15) is 12.1 Å². The predicted molar refractivity (Wildman–Crippen MR) is 108 cm³/mol. The molecule has 0 unspecified atom stereocenters. The zero-order chi connectivity index (χ0) is 18.5. The molecular weight excluding hydrogens is 443 g/mol. The van der Waals surface area contributed by atoms with Crippen molar-refractivity contribution in [1.29, 1.82) is 0 Å². The van der Waals surface area contributed by atoms with Gasteiger partial charge in [-0.05, 0) is 53.6 Å². The Morgan fingerprint density at radius 1 is 1.19 bits per heavy atom. The van der Waals surface area contributed by atoms with Gasteiger partial charge in [0, 0.05) is 9.77 Å².